The van der Waals surface area contributed by atoms with Gasteiger partial charge in [-0.2, -0.15) is 0 Å². The van der Waals surface area contributed by atoms with E-state index in [4.69, 9.17) is 4.74 Å². The van der Waals surface area contributed by atoms with Gasteiger partial charge in [-0.15, -0.1) is 0 Å². The third-order valence-corrected chi connectivity index (χ3v) is 4.06. The van der Waals surface area contributed by atoms with Gasteiger partial charge < -0.3 is 15.2 Å². The monoisotopic (exact) mass is 295 g/mol. The largest absolute Gasteiger partial charge is 0.387 e. The van der Waals surface area contributed by atoms with Crippen molar-refractivity contribution in [3.8, 4) is 0 Å². The lowest BCUT2D eigenvalue weighted by molar-refractivity contribution is 0.0402. The van der Waals surface area contributed by atoms with Crippen LogP contribution in [0.2, 0.25) is 0 Å². The lowest BCUT2D eigenvalue weighted by atomic mass is 9.87. The highest BCUT2D eigenvalue weighted by Crippen LogP contribution is 2.24. The summed E-state index contributed by atoms with van der Waals surface area (Å²) in [5, 5.41) is 13.6. The first-order chi connectivity index (χ1) is 9.96. The van der Waals surface area contributed by atoms with Gasteiger partial charge >= 0.3 is 0 Å². The van der Waals surface area contributed by atoms with Crippen molar-refractivity contribution >= 4 is 0 Å². The van der Waals surface area contributed by atoms with Crippen molar-refractivity contribution in [2.75, 3.05) is 19.8 Å². The lowest BCUT2D eigenvalue weighted by Crippen LogP contribution is -2.44. The number of halogens is 1. The SMILES string of the molecule is CC(C)(C[C@H]1CCCOC1)NC[C@H](O)c1cccc(F)c1. The molecule has 1 fully saturated rings. The van der Waals surface area contributed by atoms with Gasteiger partial charge in [-0.3, -0.25) is 0 Å². The maximum Gasteiger partial charge on any atom is 0.123 e. The molecule has 21 heavy (non-hydrogen) atoms. The fraction of sp³-hybridized carbons (Fsp3) is 0.647. The average molecular weight is 295 g/mol. The molecule has 0 aromatic heterocycles. The van der Waals surface area contributed by atoms with Crippen LogP contribution in [0.5, 0.6) is 0 Å². The molecule has 3 nitrogen and oxygen atoms in total. The van der Waals surface area contributed by atoms with Crippen molar-refractivity contribution in [2.45, 2.75) is 44.8 Å². The Morgan fingerprint density at radius 3 is 2.95 bits per heavy atom. The molecule has 4 heteroatoms. The summed E-state index contributed by atoms with van der Waals surface area (Å²) in [5.74, 6) is 0.262. The normalized spacial score (nSPS) is 21.2. The van der Waals surface area contributed by atoms with E-state index in [0.717, 1.165) is 26.1 Å². The summed E-state index contributed by atoms with van der Waals surface area (Å²) in [7, 11) is 0. The number of hydrogen-bond donors (Lipinski definition) is 2. The van der Waals surface area contributed by atoms with E-state index in [1.165, 1.54) is 18.6 Å². The van der Waals surface area contributed by atoms with Gasteiger partial charge in [0, 0.05) is 25.3 Å². The zero-order valence-corrected chi connectivity index (χ0v) is 12.9. The number of β-amino-alcohol motifs (C(OH)–C–C–N with tert-alkyl or cyclic N) is 1. The van der Waals surface area contributed by atoms with Crippen LogP contribution in [0, 0.1) is 11.7 Å². The second-order valence-electron chi connectivity index (χ2n) is 6.62. The second kappa shape index (κ2) is 7.34. The van der Waals surface area contributed by atoms with Gasteiger partial charge in [0.05, 0.1) is 6.10 Å². The number of hydrogen-bond acceptors (Lipinski definition) is 3. The van der Waals surface area contributed by atoms with Gasteiger partial charge in [-0.05, 0) is 56.7 Å². The molecule has 2 rings (SSSR count). The van der Waals surface area contributed by atoms with E-state index >= 15 is 0 Å². The molecule has 1 aliphatic heterocycles. The van der Waals surface area contributed by atoms with E-state index in [-0.39, 0.29) is 11.4 Å². The Morgan fingerprint density at radius 2 is 2.29 bits per heavy atom. The number of benzene rings is 1. The third kappa shape index (κ3) is 5.38. The maximum absolute atomic E-state index is 13.2. The Bertz CT molecular complexity index is 444. The predicted molar refractivity (Wildman–Crippen MR) is 81.6 cm³/mol. The average Bonchev–Trinajstić information content (AvgIpc) is 2.45. The minimum absolute atomic E-state index is 0.0698. The van der Waals surface area contributed by atoms with Crippen LogP contribution < -0.4 is 5.32 Å². The Hall–Kier alpha value is -0.970. The molecular weight excluding hydrogens is 269 g/mol. The minimum atomic E-state index is -0.692. The molecule has 1 aromatic carbocycles. The van der Waals surface area contributed by atoms with Crippen LogP contribution in [0.3, 0.4) is 0 Å². The zero-order valence-electron chi connectivity index (χ0n) is 12.9. The number of ether oxygens (including phenoxy) is 1. The molecule has 0 radical (unpaired) electrons. The van der Waals surface area contributed by atoms with Crippen LogP contribution in [0.4, 0.5) is 4.39 Å². The Kier molecular flexibility index (Phi) is 5.73. The Morgan fingerprint density at radius 1 is 1.48 bits per heavy atom. The van der Waals surface area contributed by atoms with Crippen molar-refractivity contribution < 1.29 is 14.2 Å². The molecule has 0 saturated carbocycles. The first kappa shape index (κ1) is 16.4. The summed E-state index contributed by atoms with van der Waals surface area (Å²) in [6, 6.07) is 6.14. The predicted octanol–water partition coefficient (Wildman–Crippen LogP) is 3.04. The molecule has 1 heterocycles. The first-order valence-electron chi connectivity index (χ1n) is 7.72. The second-order valence-corrected chi connectivity index (χ2v) is 6.62. The number of aliphatic hydroxyl groups excluding tert-OH is 1. The summed E-state index contributed by atoms with van der Waals surface area (Å²) in [5.41, 5.74) is 0.541. The number of aliphatic hydroxyl groups is 1. The van der Waals surface area contributed by atoms with Gasteiger partial charge in [-0.1, -0.05) is 12.1 Å². The molecule has 118 valence electrons. The van der Waals surface area contributed by atoms with Crippen molar-refractivity contribution in [3.63, 3.8) is 0 Å². The standard InChI is InChI=1S/C17H26FNO2/c1-17(2,10-13-5-4-8-21-12-13)19-11-16(20)14-6-3-7-15(18)9-14/h3,6-7,9,13,16,19-20H,4-5,8,10-12H2,1-2H3/t13-,16+/m1/s1. The van der Waals surface area contributed by atoms with E-state index in [9.17, 15) is 9.50 Å². The molecule has 0 unspecified atom stereocenters. The molecule has 1 aromatic rings. The van der Waals surface area contributed by atoms with Crippen LogP contribution in [0.1, 0.15) is 44.8 Å². The Balaban J connectivity index is 1.82. The summed E-state index contributed by atoms with van der Waals surface area (Å²) in [6.45, 7) is 6.41. The molecule has 0 bridgehead atoms. The van der Waals surface area contributed by atoms with E-state index in [0.29, 0.717) is 18.0 Å². The van der Waals surface area contributed by atoms with Gasteiger partial charge in [0.25, 0.3) is 0 Å². The van der Waals surface area contributed by atoms with E-state index in [1.807, 2.05) is 0 Å². The van der Waals surface area contributed by atoms with Crippen molar-refractivity contribution in [3.05, 3.63) is 35.6 Å². The zero-order chi connectivity index (χ0) is 15.3. The van der Waals surface area contributed by atoms with Crippen LogP contribution >= 0.6 is 0 Å². The molecule has 2 N–H and O–H groups in total. The van der Waals surface area contributed by atoms with Gasteiger partial charge in [0.15, 0.2) is 0 Å². The third-order valence-electron chi connectivity index (χ3n) is 4.06. The van der Waals surface area contributed by atoms with E-state index in [2.05, 4.69) is 19.2 Å². The van der Waals surface area contributed by atoms with Gasteiger partial charge in [-0.25, -0.2) is 4.39 Å². The van der Waals surface area contributed by atoms with Gasteiger partial charge in [0.1, 0.15) is 5.82 Å². The van der Waals surface area contributed by atoms with E-state index in [1.54, 1.807) is 12.1 Å². The topological polar surface area (TPSA) is 41.5 Å². The molecule has 1 aliphatic rings. The fourth-order valence-electron chi connectivity index (χ4n) is 2.97. The maximum atomic E-state index is 13.2. The summed E-state index contributed by atoms with van der Waals surface area (Å²) < 4.78 is 18.7. The van der Waals surface area contributed by atoms with Crippen molar-refractivity contribution in [2.24, 2.45) is 5.92 Å². The van der Waals surface area contributed by atoms with Crippen LogP contribution in [0.25, 0.3) is 0 Å². The fourth-order valence-corrected chi connectivity index (χ4v) is 2.97. The molecule has 1 saturated heterocycles. The molecule has 0 aliphatic carbocycles. The number of nitrogens with one attached hydrogen (secondary N) is 1. The molecule has 0 amide bonds. The van der Waals surface area contributed by atoms with Gasteiger partial charge in [0.2, 0.25) is 0 Å². The highest BCUT2D eigenvalue weighted by molar-refractivity contribution is 5.19. The van der Waals surface area contributed by atoms with Crippen molar-refractivity contribution in [1.82, 2.24) is 5.32 Å². The van der Waals surface area contributed by atoms with Crippen LogP contribution in [0.15, 0.2) is 24.3 Å². The lowest BCUT2D eigenvalue weighted by Gasteiger charge is -2.33. The highest BCUT2D eigenvalue weighted by Gasteiger charge is 2.25. The van der Waals surface area contributed by atoms with E-state index < -0.39 is 6.10 Å². The molecule has 2 atom stereocenters. The highest BCUT2D eigenvalue weighted by atomic mass is 19.1. The summed E-state index contributed by atoms with van der Waals surface area (Å²) in [4.78, 5) is 0. The summed E-state index contributed by atoms with van der Waals surface area (Å²) >= 11 is 0. The van der Waals surface area contributed by atoms with Crippen LogP contribution in [-0.2, 0) is 4.74 Å². The summed E-state index contributed by atoms with van der Waals surface area (Å²) in [6.07, 6.45) is 2.66. The minimum Gasteiger partial charge on any atom is -0.387 e. The Labute approximate surface area is 126 Å². The smallest absolute Gasteiger partial charge is 0.123 e. The molecular formula is C17H26FNO2. The van der Waals surface area contributed by atoms with Crippen LogP contribution in [-0.4, -0.2) is 30.4 Å². The quantitative estimate of drug-likeness (QED) is 0.847. The number of rotatable bonds is 6. The first-order valence-corrected chi connectivity index (χ1v) is 7.72. The van der Waals surface area contributed by atoms with Crippen molar-refractivity contribution in [1.29, 1.82) is 0 Å². The molecule has 0 spiro atoms.